The van der Waals surface area contributed by atoms with Crippen LogP contribution in [0.3, 0.4) is 0 Å². The van der Waals surface area contributed by atoms with Crippen molar-refractivity contribution in [2.45, 2.75) is 39.7 Å². The van der Waals surface area contributed by atoms with E-state index in [0.29, 0.717) is 0 Å². The molecule has 96 valence electrons. The molecule has 1 atom stereocenters. The van der Waals surface area contributed by atoms with Crippen molar-refractivity contribution in [3.63, 3.8) is 0 Å². The standard InChI is InChI=1S/C15H26N2/c1-5-14(16)13-8-6-7-9-15(13)17(4)11-10-12(2)3/h6-9,12,14H,5,10-11,16H2,1-4H3/t14-/m1/s1. The molecular weight excluding hydrogens is 208 g/mol. The second-order valence-corrected chi connectivity index (χ2v) is 5.18. The first-order valence-corrected chi connectivity index (χ1v) is 6.61. The second kappa shape index (κ2) is 6.65. The minimum absolute atomic E-state index is 0.146. The van der Waals surface area contributed by atoms with Crippen molar-refractivity contribution < 1.29 is 0 Å². The molecule has 0 amide bonds. The third-order valence-electron chi connectivity index (χ3n) is 3.23. The van der Waals surface area contributed by atoms with E-state index in [9.17, 15) is 0 Å². The molecule has 0 aliphatic heterocycles. The van der Waals surface area contributed by atoms with Crippen molar-refractivity contribution in [2.75, 3.05) is 18.5 Å². The van der Waals surface area contributed by atoms with Crippen LogP contribution in [0.4, 0.5) is 5.69 Å². The van der Waals surface area contributed by atoms with Crippen LogP contribution in [-0.2, 0) is 0 Å². The number of nitrogens with two attached hydrogens (primary N) is 1. The maximum atomic E-state index is 6.16. The van der Waals surface area contributed by atoms with Gasteiger partial charge in [-0.25, -0.2) is 0 Å². The third kappa shape index (κ3) is 4.04. The van der Waals surface area contributed by atoms with E-state index >= 15 is 0 Å². The summed E-state index contributed by atoms with van der Waals surface area (Å²) in [6, 6.07) is 8.63. The Morgan fingerprint density at radius 2 is 1.88 bits per heavy atom. The van der Waals surface area contributed by atoms with Gasteiger partial charge in [-0.05, 0) is 30.4 Å². The molecule has 0 aromatic heterocycles. The van der Waals surface area contributed by atoms with Crippen molar-refractivity contribution in [2.24, 2.45) is 11.7 Å². The van der Waals surface area contributed by atoms with Gasteiger partial charge in [0.05, 0.1) is 0 Å². The molecular formula is C15H26N2. The molecule has 0 heterocycles. The number of hydrogen-bond acceptors (Lipinski definition) is 2. The average Bonchev–Trinajstić information content (AvgIpc) is 2.34. The van der Waals surface area contributed by atoms with E-state index in [-0.39, 0.29) is 6.04 Å². The molecule has 2 heteroatoms. The molecule has 0 bridgehead atoms. The molecule has 1 aromatic rings. The normalized spacial score (nSPS) is 12.8. The Balaban J connectivity index is 2.81. The van der Waals surface area contributed by atoms with Gasteiger partial charge in [0.1, 0.15) is 0 Å². The zero-order valence-corrected chi connectivity index (χ0v) is 11.6. The highest BCUT2D eigenvalue weighted by Crippen LogP contribution is 2.26. The first kappa shape index (κ1) is 14.0. The van der Waals surface area contributed by atoms with E-state index in [0.717, 1.165) is 18.9 Å². The SMILES string of the molecule is CC[C@@H](N)c1ccccc1N(C)CCC(C)C. The lowest BCUT2D eigenvalue weighted by atomic mass is 10.0. The Bertz CT molecular complexity index is 333. The molecule has 0 saturated heterocycles. The minimum atomic E-state index is 0.146. The van der Waals surface area contributed by atoms with Gasteiger partial charge in [-0.2, -0.15) is 0 Å². The summed E-state index contributed by atoms with van der Waals surface area (Å²) >= 11 is 0. The molecule has 0 aliphatic carbocycles. The summed E-state index contributed by atoms with van der Waals surface area (Å²) in [5.74, 6) is 0.740. The summed E-state index contributed by atoms with van der Waals surface area (Å²) in [5.41, 5.74) is 8.71. The Hall–Kier alpha value is -1.02. The molecule has 0 fully saturated rings. The summed E-state index contributed by atoms with van der Waals surface area (Å²) in [5, 5.41) is 0. The molecule has 2 nitrogen and oxygen atoms in total. The summed E-state index contributed by atoms with van der Waals surface area (Å²) in [6.45, 7) is 7.75. The van der Waals surface area contributed by atoms with Gasteiger partial charge in [0.2, 0.25) is 0 Å². The molecule has 0 saturated carbocycles. The van der Waals surface area contributed by atoms with E-state index in [2.05, 4.69) is 57.0 Å². The predicted octanol–water partition coefficient (Wildman–Crippen LogP) is 3.58. The highest BCUT2D eigenvalue weighted by molar-refractivity contribution is 5.54. The summed E-state index contributed by atoms with van der Waals surface area (Å²) in [7, 11) is 2.16. The van der Waals surface area contributed by atoms with E-state index in [4.69, 9.17) is 5.73 Å². The van der Waals surface area contributed by atoms with Crippen molar-refractivity contribution in [3.05, 3.63) is 29.8 Å². The average molecular weight is 234 g/mol. The fourth-order valence-corrected chi connectivity index (χ4v) is 1.94. The molecule has 0 radical (unpaired) electrons. The molecule has 0 unspecified atom stereocenters. The number of nitrogens with zero attached hydrogens (tertiary/aromatic N) is 1. The maximum absolute atomic E-state index is 6.16. The summed E-state index contributed by atoms with van der Waals surface area (Å²) in [4.78, 5) is 2.32. The lowest BCUT2D eigenvalue weighted by Crippen LogP contribution is -2.23. The first-order valence-electron chi connectivity index (χ1n) is 6.61. The van der Waals surface area contributed by atoms with Crippen molar-refractivity contribution in [1.29, 1.82) is 0 Å². The van der Waals surface area contributed by atoms with E-state index in [1.807, 2.05) is 0 Å². The van der Waals surface area contributed by atoms with Crippen LogP contribution in [0.25, 0.3) is 0 Å². The number of para-hydroxylation sites is 1. The van der Waals surface area contributed by atoms with E-state index < -0.39 is 0 Å². The maximum Gasteiger partial charge on any atom is 0.0412 e. The Morgan fingerprint density at radius 3 is 2.47 bits per heavy atom. The second-order valence-electron chi connectivity index (χ2n) is 5.18. The number of benzene rings is 1. The van der Waals surface area contributed by atoms with Crippen LogP contribution >= 0.6 is 0 Å². The van der Waals surface area contributed by atoms with Gasteiger partial charge in [-0.1, -0.05) is 39.0 Å². The zero-order chi connectivity index (χ0) is 12.8. The lowest BCUT2D eigenvalue weighted by Gasteiger charge is -2.25. The third-order valence-corrected chi connectivity index (χ3v) is 3.23. The summed E-state index contributed by atoms with van der Waals surface area (Å²) < 4.78 is 0. The van der Waals surface area contributed by atoms with Gasteiger partial charge >= 0.3 is 0 Å². The Morgan fingerprint density at radius 1 is 1.24 bits per heavy atom. The fourth-order valence-electron chi connectivity index (χ4n) is 1.94. The van der Waals surface area contributed by atoms with Crippen LogP contribution < -0.4 is 10.6 Å². The number of anilines is 1. The van der Waals surface area contributed by atoms with Crippen LogP contribution in [0.5, 0.6) is 0 Å². The van der Waals surface area contributed by atoms with Crippen LogP contribution in [0.1, 0.15) is 45.2 Å². The van der Waals surface area contributed by atoms with Gasteiger partial charge < -0.3 is 10.6 Å². The molecule has 0 aliphatic rings. The van der Waals surface area contributed by atoms with Gasteiger partial charge in [0.15, 0.2) is 0 Å². The highest BCUT2D eigenvalue weighted by atomic mass is 15.1. The lowest BCUT2D eigenvalue weighted by molar-refractivity contribution is 0.583. The number of rotatable bonds is 6. The molecule has 0 spiro atoms. The first-order chi connectivity index (χ1) is 8.06. The van der Waals surface area contributed by atoms with E-state index in [1.54, 1.807) is 0 Å². The molecule has 1 rings (SSSR count). The topological polar surface area (TPSA) is 29.3 Å². The summed E-state index contributed by atoms with van der Waals surface area (Å²) in [6.07, 6.45) is 2.20. The minimum Gasteiger partial charge on any atom is -0.374 e. The molecule has 17 heavy (non-hydrogen) atoms. The van der Waals surface area contributed by atoms with Crippen LogP contribution in [0.15, 0.2) is 24.3 Å². The van der Waals surface area contributed by atoms with Crippen molar-refractivity contribution in [1.82, 2.24) is 0 Å². The van der Waals surface area contributed by atoms with Crippen LogP contribution in [-0.4, -0.2) is 13.6 Å². The van der Waals surface area contributed by atoms with Crippen LogP contribution in [0, 0.1) is 5.92 Å². The molecule has 2 N–H and O–H groups in total. The fraction of sp³-hybridized carbons (Fsp3) is 0.600. The highest BCUT2D eigenvalue weighted by Gasteiger charge is 2.11. The predicted molar refractivity (Wildman–Crippen MR) is 76.4 cm³/mol. The van der Waals surface area contributed by atoms with E-state index in [1.165, 1.54) is 17.7 Å². The Kier molecular flexibility index (Phi) is 5.49. The van der Waals surface area contributed by atoms with Crippen LogP contribution in [0.2, 0.25) is 0 Å². The smallest absolute Gasteiger partial charge is 0.0412 e. The van der Waals surface area contributed by atoms with Crippen molar-refractivity contribution >= 4 is 5.69 Å². The molecule has 1 aromatic carbocycles. The zero-order valence-electron chi connectivity index (χ0n) is 11.6. The van der Waals surface area contributed by atoms with Gasteiger partial charge in [0.25, 0.3) is 0 Å². The largest absolute Gasteiger partial charge is 0.374 e. The van der Waals surface area contributed by atoms with Gasteiger partial charge in [-0.3, -0.25) is 0 Å². The van der Waals surface area contributed by atoms with Gasteiger partial charge in [0, 0.05) is 25.3 Å². The Labute approximate surface area is 106 Å². The van der Waals surface area contributed by atoms with Gasteiger partial charge in [-0.15, -0.1) is 0 Å². The monoisotopic (exact) mass is 234 g/mol. The quantitative estimate of drug-likeness (QED) is 0.815. The number of hydrogen-bond donors (Lipinski definition) is 1. The van der Waals surface area contributed by atoms with Crippen molar-refractivity contribution in [3.8, 4) is 0 Å².